The second-order valence-electron chi connectivity index (χ2n) is 7.55. The van der Waals surface area contributed by atoms with Gasteiger partial charge in [0.1, 0.15) is 0 Å². The number of Topliss-reactive ketones (excluding diaryl/α,β-unsaturated/α-hetero) is 1. The summed E-state index contributed by atoms with van der Waals surface area (Å²) in [6, 6.07) is 6.18. The molecule has 0 aromatic heterocycles. The van der Waals surface area contributed by atoms with Gasteiger partial charge in [0.2, 0.25) is 0 Å². The standard InChI is InChI=1S/C21H28N2O.C2H6/c1-5-23-16(4)17-8-6-7-15(3)20(17)18(23)13-19(24)21(22)11-9-14(2)10-12-21;1-2/h5-8,14,18H,1,4,9-13,22H2,2-3H3;1-2H3. The zero-order valence-electron chi connectivity index (χ0n) is 16.8. The first kappa shape index (κ1) is 20.4. The van der Waals surface area contributed by atoms with Crippen LogP contribution in [0.2, 0.25) is 0 Å². The first-order valence-corrected chi connectivity index (χ1v) is 9.89. The van der Waals surface area contributed by atoms with Crippen LogP contribution in [0.25, 0.3) is 5.70 Å². The number of nitrogens with zero attached hydrogens (tertiary/aromatic N) is 1. The van der Waals surface area contributed by atoms with Gasteiger partial charge < -0.3 is 10.6 Å². The zero-order chi connectivity index (χ0) is 19.5. The average molecular weight is 355 g/mol. The lowest BCUT2D eigenvalue weighted by atomic mass is 9.74. The lowest BCUT2D eigenvalue weighted by Crippen LogP contribution is -2.51. The van der Waals surface area contributed by atoms with E-state index >= 15 is 0 Å². The molecule has 3 rings (SSSR count). The third-order valence-corrected chi connectivity index (χ3v) is 5.91. The van der Waals surface area contributed by atoms with Gasteiger partial charge in [0.25, 0.3) is 0 Å². The minimum atomic E-state index is -0.661. The number of nitrogens with two attached hydrogens (primary N) is 1. The summed E-state index contributed by atoms with van der Waals surface area (Å²) in [5, 5.41) is 0. The molecule has 1 aliphatic heterocycles. The van der Waals surface area contributed by atoms with Crippen LogP contribution in [0.15, 0.2) is 37.6 Å². The highest BCUT2D eigenvalue weighted by Crippen LogP contribution is 2.45. The summed E-state index contributed by atoms with van der Waals surface area (Å²) in [6.45, 7) is 16.5. The lowest BCUT2D eigenvalue weighted by molar-refractivity contribution is -0.126. The van der Waals surface area contributed by atoms with Crippen LogP contribution >= 0.6 is 0 Å². The van der Waals surface area contributed by atoms with Gasteiger partial charge in [0.05, 0.1) is 11.6 Å². The second-order valence-corrected chi connectivity index (χ2v) is 7.55. The van der Waals surface area contributed by atoms with Gasteiger partial charge in [-0.05, 0) is 55.9 Å². The van der Waals surface area contributed by atoms with Crippen molar-refractivity contribution < 1.29 is 4.79 Å². The van der Waals surface area contributed by atoms with E-state index in [2.05, 4.69) is 39.1 Å². The molecule has 3 nitrogen and oxygen atoms in total. The van der Waals surface area contributed by atoms with Crippen molar-refractivity contribution in [2.75, 3.05) is 0 Å². The van der Waals surface area contributed by atoms with Gasteiger partial charge >= 0.3 is 0 Å². The Bertz CT molecular complexity index is 683. The van der Waals surface area contributed by atoms with Crippen molar-refractivity contribution in [3.05, 3.63) is 54.2 Å². The van der Waals surface area contributed by atoms with Gasteiger partial charge in [-0.1, -0.05) is 52.1 Å². The Morgan fingerprint density at radius 2 is 1.96 bits per heavy atom. The molecule has 0 bridgehead atoms. The fraction of sp³-hybridized carbons (Fsp3) is 0.522. The first-order chi connectivity index (χ1) is 12.4. The van der Waals surface area contributed by atoms with E-state index in [9.17, 15) is 4.79 Å². The molecule has 0 spiro atoms. The molecule has 1 atom stereocenters. The number of hydrogen-bond acceptors (Lipinski definition) is 3. The molecule has 1 aromatic rings. The number of hydrogen-bond donors (Lipinski definition) is 1. The molecule has 2 aliphatic rings. The molecule has 0 amide bonds. The monoisotopic (exact) mass is 354 g/mol. The number of carbonyl (C=O) groups excluding carboxylic acids is 1. The van der Waals surface area contributed by atoms with Gasteiger partial charge in [-0.3, -0.25) is 4.79 Å². The predicted octanol–water partition coefficient (Wildman–Crippen LogP) is 5.36. The number of aryl methyl sites for hydroxylation is 1. The Hall–Kier alpha value is -1.87. The Morgan fingerprint density at radius 3 is 2.54 bits per heavy atom. The smallest absolute Gasteiger partial charge is 0.155 e. The summed E-state index contributed by atoms with van der Waals surface area (Å²) in [4.78, 5) is 15.1. The van der Waals surface area contributed by atoms with Crippen molar-refractivity contribution in [1.29, 1.82) is 0 Å². The topological polar surface area (TPSA) is 46.3 Å². The largest absolute Gasteiger partial charge is 0.341 e. The van der Waals surface area contributed by atoms with E-state index in [1.807, 2.05) is 24.8 Å². The SMILES string of the molecule is C=CN1C(=C)c2cccc(C)c2C1CC(=O)C1(N)CCC(C)CC1.CC. The highest BCUT2D eigenvalue weighted by atomic mass is 16.1. The summed E-state index contributed by atoms with van der Waals surface area (Å²) in [5.74, 6) is 0.850. The van der Waals surface area contributed by atoms with Crippen LogP contribution in [-0.2, 0) is 4.79 Å². The molecule has 1 fully saturated rings. The van der Waals surface area contributed by atoms with E-state index in [4.69, 9.17) is 5.73 Å². The molecule has 26 heavy (non-hydrogen) atoms. The lowest BCUT2D eigenvalue weighted by Gasteiger charge is -2.36. The quantitative estimate of drug-likeness (QED) is 0.792. The van der Waals surface area contributed by atoms with Crippen LogP contribution in [0.4, 0.5) is 0 Å². The minimum absolute atomic E-state index is 0.0292. The van der Waals surface area contributed by atoms with Crippen molar-refractivity contribution in [3.8, 4) is 0 Å². The third-order valence-electron chi connectivity index (χ3n) is 5.91. The number of carbonyl (C=O) groups is 1. The summed E-state index contributed by atoms with van der Waals surface area (Å²) >= 11 is 0. The summed E-state index contributed by atoms with van der Waals surface area (Å²) < 4.78 is 0. The fourth-order valence-electron chi connectivity index (χ4n) is 4.21. The summed E-state index contributed by atoms with van der Waals surface area (Å²) in [5.41, 5.74) is 10.3. The maximum atomic E-state index is 13.1. The molecule has 1 heterocycles. The van der Waals surface area contributed by atoms with Gasteiger partial charge in [-0.2, -0.15) is 0 Å². The maximum Gasteiger partial charge on any atom is 0.155 e. The van der Waals surface area contributed by atoms with Crippen molar-refractivity contribution in [2.24, 2.45) is 11.7 Å². The van der Waals surface area contributed by atoms with E-state index < -0.39 is 5.54 Å². The molecule has 1 aromatic carbocycles. The van der Waals surface area contributed by atoms with E-state index in [1.165, 1.54) is 11.1 Å². The molecule has 1 aliphatic carbocycles. The molecule has 2 N–H and O–H groups in total. The number of fused-ring (bicyclic) bond motifs is 1. The van der Waals surface area contributed by atoms with Crippen LogP contribution in [0.3, 0.4) is 0 Å². The Labute approximate surface area is 159 Å². The molecule has 1 unspecified atom stereocenters. The Kier molecular flexibility index (Phi) is 6.46. The van der Waals surface area contributed by atoms with E-state index in [0.717, 1.165) is 36.9 Å². The number of rotatable bonds is 4. The molecule has 1 saturated carbocycles. The van der Waals surface area contributed by atoms with E-state index in [-0.39, 0.29) is 11.8 Å². The van der Waals surface area contributed by atoms with Crippen molar-refractivity contribution in [2.45, 2.75) is 71.4 Å². The van der Waals surface area contributed by atoms with Gasteiger partial charge in [-0.15, -0.1) is 0 Å². The number of benzene rings is 1. The molecular weight excluding hydrogens is 320 g/mol. The molecule has 142 valence electrons. The normalized spacial score (nSPS) is 27.4. The molecule has 3 heteroatoms. The third kappa shape index (κ3) is 3.64. The van der Waals surface area contributed by atoms with Crippen molar-refractivity contribution >= 4 is 11.5 Å². The maximum absolute atomic E-state index is 13.1. The van der Waals surface area contributed by atoms with Crippen molar-refractivity contribution in [1.82, 2.24) is 4.90 Å². The molecular formula is C23H34N2O. The summed E-state index contributed by atoms with van der Waals surface area (Å²) in [6.07, 6.45) is 5.89. The fourth-order valence-corrected chi connectivity index (χ4v) is 4.21. The van der Waals surface area contributed by atoms with Crippen molar-refractivity contribution in [3.63, 3.8) is 0 Å². The van der Waals surface area contributed by atoms with Gasteiger partial charge in [-0.25, -0.2) is 0 Å². The van der Waals surface area contributed by atoms with E-state index in [1.54, 1.807) is 6.20 Å². The Morgan fingerprint density at radius 1 is 1.35 bits per heavy atom. The second kappa shape index (κ2) is 8.22. The molecule has 0 radical (unpaired) electrons. The van der Waals surface area contributed by atoms with Crippen LogP contribution in [0, 0.1) is 12.8 Å². The van der Waals surface area contributed by atoms with Crippen LogP contribution in [0.5, 0.6) is 0 Å². The zero-order valence-corrected chi connectivity index (χ0v) is 16.8. The number of ketones is 1. The van der Waals surface area contributed by atoms with Gasteiger partial charge in [0.15, 0.2) is 5.78 Å². The first-order valence-electron chi connectivity index (χ1n) is 9.89. The van der Waals surface area contributed by atoms with E-state index in [0.29, 0.717) is 12.3 Å². The van der Waals surface area contributed by atoms with Crippen LogP contribution < -0.4 is 5.73 Å². The predicted molar refractivity (Wildman–Crippen MR) is 111 cm³/mol. The highest BCUT2D eigenvalue weighted by Gasteiger charge is 2.41. The Balaban J connectivity index is 0.00000117. The van der Waals surface area contributed by atoms with Crippen LogP contribution in [0.1, 0.15) is 75.6 Å². The van der Waals surface area contributed by atoms with Gasteiger partial charge in [0, 0.05) is 17.7 Å². The minimum Gasteiger partial charge on any atom is -0.341 e. The molecule has 0 saturated heterocycles. The summed E-state index contributed by atoms with van der Waals surface area (Å²) in [7, 11) is 0. The highest BCUT2D eigenvalue weighted by molar-refractivity contribution is 5.90. The van der Waals surface area contributed by atoms with Crippen LogP contribution in [-0.4, -0.2) is 16.2 Å². The average Bonchev–Trinajstić information content (AvgIpc) is 2.92.